The second kappa shape index (κ2) is 4.32. The second-order valence-electron chi connectivity index (χ2n) is 2.93. The standard InChI is InChI=1S/C8H14N2O/c9-5-7(6-10)4-8-2-1-3-11-8/h7-8H,1-5,9H2. The molecule has 1 heterocycles. The third-order valence-corrected chi connectivity index (χ3v) is 2.04. The van der Waals surface area contributed by atoms with Crippen molar-refractivity contribution in [1.29, 1.82) is 5.26 Å². The predicted molar refractivity (Wildman–Crippen MR) is 41.7 cm³/mol. The summed E-state index contributed by atoms with van der Waals surface area (Å²) in [7, 11) is 0. The first-order valence-corrected chi connectivity index (χ1v) is 4.08. The maximum absolute atomic E-state index is 8.60. The molecule has 2 N–H and O–H groups in total. The van der Waals surface area contributed by atoms with Crippen LogP contribution in [0, 0.1) is 17.2 Å². The molecule has 0 bridgehead atoms. The van der Waals surface area contributed by atoms with Crippen molar-refractivity contribution >= 4 is 0 Å². The van der Waals surface area contributed by atoms with Crippen LogP contribution < -0.4 is 5.73 Å². The van der Waals surface area contributed by atoms with Gasteiger partial charge in [-0.1, -0.05) is 0 Å². The lowest BCUT2D eigenvalue weighted by Gasteiger charge is -2.11. The van der Waals surface area contributed by atoms with Gasteiger partial charge in [-0.05, 0) is 19.3 Å². The zero-order valence-electron chi connectivity index (χ0n) is 6.62. The van der Waals surface area contributed by atoms with Crippen LogP contribution in [0.2, 0.25) is 0 Å². The zero-order chi connectivity index (χ0) is 8.10. The van der Waals surface area contributed by atoms with Gasteiger partial charge in [-0.3, -0.25) is 0 Å². The average Bonchev–Trinajstić information content (AvgIpc) is 2.52. The van der Waals surface area contributed by atoms with Crippen molar-refractivity contribution in [1.82, 2.24) is 0 Å². The van der Waals surface area contributed by atoms with E-state index in [0.29, 0.717) is 12.6 Å². The van der Waals surface area contributed by atoms with E-state index in [1.807, 2.05) is 0 Å². The van der Waals surface area contributed by atoms with Gasteiger partial charge in [-0.25, -0.2) is 0 Å². The molecule has 3 nitrogen and oxygen atoms in total. The minimum atomic E-state index is -0.0156. The number of ether oxygens (including phenoxy) is 1. The minimum absolute atomic E-state index is 0.0156. The summed E-state index contributed by atoms with van der Waals surface area (Å²) in [6, 6.07) is 2.17. The summed E-state index contributed by atoms with van der Waals surface area (Å²) in [5, 5.41) is 8.60. The Balaban J connectivity index is 2.23. The van der Waals surface area contributed by atoms with E-state index >= 15 is 0 Å². The lowest BCUT2D eigenvalue weighted by molar-refractivity contribution is 0.0964. The quantitative estimate of drug-likeness (QED) is 0.649. The van der Waals surface area contributed by atoms with E-state index in [4.69, 9.17) is 15.7 Å². The van der Waals surface area contributed by atoms with Crippen molar-refractivity contribution in [2.75, 3.05) is 13.2 Å². The maximum atomic E-state index is 8.60. The Bertz CT molecular complexity index is 147. The van der Waals surface area contributed by atoms with E-state index in [2.05, 4.69) is 6.07 Å². The Morgan fingerprint density at radius 1 is 1.73 bits per heavy atom. The van der Waals surface area contributed by atoms with Crippen LogP contribution in [-0.4, -0.2) is 19.3 Å². The van der Waals surface area contributed by atoms with Gasteiger partial charge in [0.15, 0.2) is 0 Å². The van der Waals surface area contributed by atoms with Crippen molar-refractivity contribution in [3.63, 3.8) is 0 Å². The molecule has 11 heavy (non-hydrogen) atoms. The molecule has 0 saturated carbocycles. The van der Waals surface area contributed by atoms with Crippen LogP contribution in [0.1, 0.15) is 19.3 Å². The highest BCUT2D eigenvalue weighted by Gasteiger charge is 2.19. The van der Waals surface area contributed by atoms with Gasteiger partial charge in [-0.15, -0.1) is 0 Å². The highest BCUT2D eigenvalue weighted by Crippen LogP contribution is 2.18. The first-order chi connectivity index (χ1) is 5.36. The van der Waals surface area contributed by atoms with Gasteiger partial charge >= 0.3 is 0 Å². The summed E-state index contributed by atoms with van der Waals surface area (Å²) >= 11 is 0. The number of hydrogen-bond donors (Lipinski definition) is 1. The molecule has 3 heteroatoms. The molecule has 62 valence electrons. The summed E-state index contributed by atoms with van der Waals surface area (Å²) in [5.74, 6) is -0.0156. The van der Waals surface area contributed by atoms with Crippen LogP contribution in [0.5, 0.6) is 0 Å². The monoisotopic (exact) mass is 154 g/mol. The van der Waals surface area contributed by atoms with Crippen LogP contribution in [-0.2, 0) is 4.74 Å². The molecule has 1 aliphatic rings. The third-order valence-electron chi connectivity index (χ3n) is 2.04. The molecular weight excluding hydrogens is 140 g/mol. The van der Waals surface area contributed by atoms with E-state index < -0.39 is 0 Å². The summed E-state index contributed by atoms with van der Waals surface area (Å²) in [6.45, 7) is 1.31. The van der Waals surface area contributed by atoms with Crippen molar-refractivity contribution in [2.24, 2.45) is 11.7 Å². The van der Waals surface area contributed by atoms with Crippen molar-refractivity contribution in [3.8, 4) is 6.07 Å². The second-order valence-corrected chi connectivity index (χ2v) is 2.93. The molecule has 2 atom stereocenters. The maximum Gasteiger partial charge on any atom is 0.0670 e. The molecular formula is C8H14N2O. The molecule has 1 aliphatic heterocycles. The van der Waals surface area contributed by atoms with Crippen LogP contribution in [0.4, 0.5) is 0 Å². The predicted octanol–water partition coefficient (Wildman–Crippen LogP) is 0.654. The van der Waals surface area contributed by atoms with Crippen LogP contribution >= 0.6 is 0 Å². The highest BCUT2D eigenvalue weighted by atomic mass is 16.5. The summed E-state index contributed by atoms with van der Waals surface area (Å²) in [4.78, 5) is 0. The Morgan fingerprint density at radius 3 is 3.00 bits per heavy atom. The summed E-state index contributed by atoms with van der Waals surface area (Å²) in [5.41, 5.74) is 5.38. The molecule has 0 radical (unpaired) electrons. The fourth-order valence-electron chi connectivity index (χ4n) is 1.35. The lowest BCUT2D eigenvalue weighted by atomic mass is 10.0. The molecule has 0 aliphatic carbocycles. The van der Waals surface area contributed by atoms with E-state index in [9.17, 15) is 0 Å². The number of rotatable bonds is 3. The van der Waals surface area contributed by atoms with E-state index in [0.717, 1.165) is 25.9 Å². The molecule has 0 aromatic carbocycles. The lowest BCUT2D eigenvalue weighted by Crippen LogP contribution is -2.18. The van der Waals surface area contributed by atoms with Gasteiger partial charge in [0, 0.05) is 13.2 Å². The molecule has 2 unspecified atom stereocenters. The number of hydrogen-bond acceptors (Lipinski definition) is 3. The largest absolute Gasteiger partial charge is 0.378 e. The van der Waals surface area contributed by atoms with Gasteiger partial charge in [-0.2, -0.15) is 5.26 Å². The van der Waals surface area contributed by atoms with Gasteiger partial charge in [0.25, 0.3) is 0 Å². The summed E-state index contributed by atoms with van der Waals surface area (Å²) < 4.78 is 5.38. The van der Waals surface area contributed by atoms with E-state index in [1.54, 1.807) is 0 Å². The van der Waals surface area contributed by atoms with Crippen LogP contribution in [0.3, 0.4) is 0 Å². The first kappa shape index (κ1) is 8.51. The molecule has 0 aromatic rings. The van der Waals surface area contributed by atoms with Gasteiger partial charge in [0.05, 0.1) is 18.1 Å². The van der Waals surface area contributed by atoms with Crippen molar-refractivity contribution in [3.05, 3.63) is 0 Å². The molecule has 0 aromatic heterocycles. The first-order valence-electron chi connectivity index (χ1n) is 4.08. The van der Waals surface area contributed by atoms with Crippen molar-refractivity contribution in [2.45, 2.75) is 25.4 Å². The number of nitrogens with two attached hydrogens (primary N) is 1. The normalized spacial score (nSPS) is 26.4. The number of nitrogens with zero attached hydrogens (tertiary/aromatic N) is 1. The Hall–Kier alpha value is -0.590. The smallest absolute Gasteiger partial charge is 0.0670 e. The topological polar surface area (TPSA) is 59.0 Å². The Labute approximate surface area is 67.1 Å². The molecule has 1 fully saturated rings. The summed E-state index contributed by atoms with van der Waals surface area (Å²) in [6.07, 6.45) is 3.33. The van der Waals surface area contributed by atoms with Gasteiger partial charge < -0.3 is 10.5 Å². The zero-order valence-corrected chi connectivity index (χ0v) is 6.62. The molecule has 0 amide bonds. The fourth-order valence-corrected chi connectivity index (χ4v) is 1.35. The number of nitriles is 1. The SMILES string of the molecule is N#CC(CN)CC1CCCO1. The van der Waals surface area contributed by atoms with Crippen molar-refractivity contribution < 1.29 is 4.74 Å². The minimum Gasteiger partial charge on any atom is -0.378 e. The van der Waals surface area contributed by atoms with Gasteiger partial charge in [0.1, 0.15) is 0 Å². The Kier molecular flexibility index (Phi) is 3.34. The van der Waals surface area contributed by atoms with Crippen LogP contribution in [0.25, 0.3) is 0 Å². The molecule has 1 rings (SSSR count). The third kappa shape index (κ3) is 2.49. The average molecular weight is 154 g/mol. The fraction of sp³-hybridized carbons (Fsp3) is 0.875. The highest BCUT2D eigenvalue weighted by molar-refractivity contribution is 4.86. The van der Waals surface area contributed by atoms with Gasteiger partial charge in [0.2, 0.25) is 0 Å². The van der Waals surface area contributed by atoms with E-state index in [1.165, 1.54) is 0 Å². The molecule has 0 spiro atoms. The van der Waals surface area contributed by atoms with E-state index in [-0.39, 0.29) is 5.92 Å². The Morgan fingerprint density at radius 2 is 2.55 bits per heavy atom. The molecule has 1 saturated heterocycles. The van der Waals surface area contributed by atoms with Crippen LogP contribution in [0.15, 0.2) is 0 Å².